The van der Waals surface area contributed by atoms with E-state index in [1.165, 1.54) is 6.07 Å². The summed E-state index contributed by atoms with van der Waals surface area (Å²) >= 11 is 0. The quantitative estimate of drug-likeness (QED) is 0.817. The van der Waals surface area contributed by atoms with E-state index >= 15 is 0 Å². The van der Waals surface area contributed by atoms with E-state index in [0.717, 1.165) is 19.4 Å². The Morgan fingerprint density at radius 1 is 1.40 bits per heavy atom. The molecule has 20 heavy (non-hydrogen) atoms. The molecule has 0 aliphatic heterocycles. The molecule has 0 amide bonds. The van der Waals surface area contributed by atoms with Gasteiger partial charge in [0.05, 0.1) is 6.10 Å². The van der Waals surface area contributed by atoms with E-state index < -0.39 is 0 Å². The highest BCUT2D eigenvalue weighted by atomic mass is 19.1. The van der Waals surface area contributed by atoms with Crippen molar-refractivity contribution in [1.82, 2.24) is 4.90 Å². The summed E-state index contributed by atoms with van der Waals surface area (Å²) in [6, 6.07) is 4.91. The monoisotopic (exact) mass is 277 g/mol. The van der Waals surface area contributed by atoms with Gasteiger partial charge in [-0.15, -0.1) is 0 Å². The number of rotatable bonds is 4. The van der Waals surface area contributed by atoms with Crippen LogP contribution < -0.4 is 0 Å². The lowest BCUT2D eigenvalue weighted by Gasteiger charge is -2.34. The number of nitrogens with zero attached hydrogens (tertiary/aromatic N) is 1. The molecule has 2 N–H and O–H groups in total. The number of halogens is 1. The Labute approximate surface area is 119 Å². The lowest BCUT2D eigenvalue weighted by Crippen LogP contribution is -2.36. The van der Waals surface area contributed by atoms with E-state index in [-0.39, 0.29) is 18.5 Å². The van der Waals surface area contributed by atoms with Crippen LogP contribution in [0.5, 0.6) is 0 Å². The zero-order chi connectivity index (χ0) is 14.5. The highest BCUT2D eigenvalue weighted by Crippen LogP contribution is 2.28. The van der Waals surface area contributed by atoms with E-state index in [2.05, 4.69) is 16.7 Å². The molecule has 108 valence electrons. The fourth-order valence-corrected chi connectivity index (χ4v) is 2.54. The second-order valence-electron chi connectivity index (χ2n) is 5.45. The molecule has 2 rings (SSSR count). The molecule has 0 unspecified atom stereocenters. The number of aliphatic hydroxyl groups is 2. The van der Waals surface area contributed by atoms with Gasteiger partial charge in [0.25, 0.3) is 0 Å². The van der Waals surface area contributed by atoms with Crippen molar-refractivity contribution < 1.29 is 14.6 Å². The topological polar surface area (TPSA) is 43.7 Å². The molecule has 1 aromatic carbocycles. The van der Waals surface area contributed by atoms with Crippen molar-refractivity contribution >= 4 is 0 Å². The van der Waals surface area contributed by atoms with Crippen LogP contribution in [0.25, 0.3) is 0 Å². The van der Waals surface area contributed by atoms with Gasteiger partial charge < -0.3 is 15.1 Å². The van der Waals surface area contributed by atoms with E-state index in [4.69, 9.17) is 5.11 Å². The van der Waals surface area contributed by atoms with Crippen LogP contribution >= 0.6 is 0 Å². The second-order valence-corrected chi connectivity index (χ2v) is 5.45. The summed E-state index contributed by atoms with van der Waals surface area (Å²) in [5.41, 5.74) is 1.21. The van der Waals surface area contributed by atoms with Gasteiger partial charge in [0.2, 0.25) is 0 Å². The first-order chi connectivity index (χ1) is 9.58. The zero-order valence-electron chi connectivity index (χ0n) is 11.6. The number of hydrogen-bond donors (Lipinski definition) is 2. The molecule has 1 aromatic rings. The maximum Gasteiger partial charge on any atom is 0.128 e. The largest absolute Gasteiger partial charge is 0.393 e. The number of benzene rings is 1. The van der Waals surface area contributed by atoms with Gasteiger partial charge >= 0.3 is 0 Å². The van der Waals surface area contributed by atoms with Crippen molar-refractivity contribution in [2.24, 2.45) is 5.92 Å². The molecule has 0 aromatic heterocycles. The van der Waals surface area contributed by atoms with Crippen LogP contribution in [0.15, 0.2) is 18.2 Å². The summed E-state index contributed by atoms with van der Waals surface area (Å²) in [4.78, 5) is 2.08. The Hall–Kier alpha value is -1.41. The summed E-state index contributed by atoms with van der Waals surface area (Å²) < 4.78 is 13.9. The normalized spacial score (nSPS) is 21.2. The fourth-order valence-electron chi connectivity index (χ4n) is 2.54. The van der Waals surface area contributed by atoms with Crippen molar-refractivity contribution in [3.8, 4) is 11.8 Å². The van der Waals surface area contributed by atoms with Crippen LogP contribution in [0.2, 0.25) is 0 Å². The molecule has 0 heterocycles. The molecule has 0 spiro atoms. The van der Waals surface area contributed by atoms with E-state index in [0.29, 0.717) is 23.6 Å². The first kappa shape index (κ1) is 15.0. The third-order valence-corrected chi connectivity index (χ3v) is 3.59. The minimum atomic E-state index is -0.268. The molecule has 1 aliphatic carbocycles. The van der Waals surface area contributed by atoms with Gasteiger partial charge in [0.1, 0.15) is 12.4 Å². The Morgan fingerprint density at radius 3 is 2.75 bits per heavy atom. The Bertz CT molecular complexity index is 515. The van der Waals surface area contributed by atoms with Gasteiger partial charge in [0.15, 0.2) is 0 Å². The predicted molar refractivity (Wildman–Crippen MR) is 75.4 cm³/mol. The smallest absolute Gasteiger partial charge is 0.128 e. The second kappa shape index (κ2) is 6.85. The molecule has 1 aliphatic rings. The first-order valence-electron chi connectivity index (χ1n) is 6.83. The zero-order valence-corrected chi connectivity index (χ0v) is 11.6. The molecule has 0 radical (unpaired) electrons. The standard InChI is InChI=1S/C16H20FNO2/c1-18(10-13-7-15(20)8-13)11-14-5-4-12(3-2-6-19)9-16(14)17/h4-5,9,13,15,19-20H,6-8,10-11H2,1H3. The fraction of sp³-hybridized carbons (Fsp3) is 0.500. The Morgan fingerprint density at radius 2 is 2.15 bits per heavy atom. The molecule has 0 saturated heterocycles. The Balaban J connectivity index is 1.91. The highest BCUT2D eigenvalue weighted by Gasteiger charge is 2.27. The molecular formula is C16H20FNO2. The van der Waals surface area contributed by atoms with Gasteiger partial charge in [-0.1, -0.05) is 17.9 Å². The van der Waals surface area contributed by atoms with Gasteiger partial charge in [-0.25, -0.2) is 4.39 Å². The maximum absolute atomic E-state index is 13.9. The SMILES string of the molecule is CN(Cc1ccc(C#CCO)cc1F)CC1CC(O)C1. The van der Waals surface area contributed by atoms with Crippen molar-refractivity contribution in [2.75, 3.05) is 20.2 Å². The van der Waals surface area contributed by atoms with Crippen LogP contribution in [0, 0.1) is 23.6 Å². The molecule has 4 heteroatoms. The minimum Gasteiger partial charge on any atom is -0.393 e. The van der Waals surface area contributed by atoms with E-state index in [1.807, 2.05) is 7.05 Å². The van der Waals surface area contributed by atoms with E-state index in [1.54, 1.807) is 12.1 Å². The van der Waals surface area contributed by atoms with Crippen LogP contribution in [0.3, 0.4) is 0 Å². The maximum atomic E-state index is 13.9. The van der Waals surface area contributed by atoms with E-state index in [9.17, 15) is 9.50 Å². The average Bonchev–Trinajstić information content (AvgIpc) is 2.37. The number of aliphatic hydroxyl groups excluding tert-OH is 2. The molecule has 3 nitrogen and oxygen atoms in total. The molecule has 0 bridgehead atoms. The summed E-state index contributed by atoms with van der Waals surface area (Å²) in [5, 5.41) is 17.9. The van der Waals surface area contributed by atoms with Crippen molar-refractivity contribution in [3.05, 3.63) is 35.1 Å². The summed E-state index contributed by atoms with van der Waals surface area (Å²) in [7, 11) is 1.96. The summed E-state index contributed by atoms with van der Waals surface area (Å²) in [6.07, 6.45) is 1.56. The summed E-state index contributed by atoms with van der Waals surface area (Å²) in [5.74, 6) is 5.44. The molecule has 0 atom stereocenters. The highest BCUT2D eigenvalue weighted by molar-refractivity contribution is 5.37. The number of hydrogen-bond acceptors (Lipinski definition) is 3. The minimum absolute atomic E-state index is 0.144. The molecular weight excluding hydrogens is 257 g/mol. The molecule has 1 saturated carbocycles. The third kappa shape index (κ3) is 4.04. The van der Waals surface area contributed by atoms with Crippen molar-refractivity contribution in [3.63, 3.8) is 0 Å². The first-order valence-corrected chi connectivity index (χ1v) is 6.83. The average molecular weight is 277 g/mol. The molecule has 1 fully saturated rings. The van der Waals surface area contributed by atoms with Crippen molar-refractivity contribution in [2.45, 2.75) is 25.5 Å². The lowest BCUT2D eigenvalue weighted by molar-refractivity contribution is 0.0272. The van der Waals surface area contributed by atoms with Crippen LogP contribution in [-0.4, -0.2) is 41.4 Å². The van der Waals surface area contributed by atoms with Gasteiger partial charge in [0, 0.05) is 24.2 Å². The Kier molecular flexibility index (Phi) is 5.13. The lowest BCUT2D eigenvalue weighted by atomic mass is 9.82. The van der Waals surface area contributed by atoms with Gasteiger partial charge in [-0.3, -0.25) is 0 Å². The van der Waals surface area contributed by atoms with Crippen LogP contribution in [0.1, 0.15) is 24.0 Å². The van der Waals surface area contributed by atoms with Crippen LogP contribution in [-0.2, 0) is 6.54 Å². The van der Waals surface area contributed by atoms with Gasteiger partial charge in [-0.2, -0.15) is 0 Å². The third-order valence-electron chi connectivity index (χ3n) is 3.59. The van der Waals surface area contributed by atoms with Crippen molar-refractivity contribution in [1.29, 1.82) is 0 Å². The predicted octanol–water partition coefficient (Wildman–Crippen LogP) is 1.37. The summed E-state index contributed by atoms with van der Waals surface area (Å²) in [6.45, 7) is 1.20. The van der Waals surface area contributed by atoms with Gasteiger partial charge in [-0.05, 0) is 37.9 Å². The van der Waals surface area contributed by atoms with Crippen LogP contribution in [0.4, 0.5) is 4.39 Å².